The highest BCUT2D eigenvalue weighted by Crippen LogP contribution is 2.33. The van der Waals surface area contributed by atoms with Crippen LogP contribution in [0.5, 0.6) is 0 Å². The molecule has 3 nitrogen and oxygen atoms in total. The molecule has 0 aromatic rings. The van der Waals surface area contributed by atoms with E-state index in [-0.39, 0.29) is 18.7 Å². The molecule has 2 rings (SSSR count). The summed E-state index contributed by atoms with van der Waals surface area (Å²) in [7, 11) is 0. The van der Waals surface area contributed by atoms with Gasteiger partial charge in [-0.25, -0.2) is 0 Å². The van der Waals surface area contributed by atoms with Crippen LogP contribution in [0.4, 0.5) is 13.2 Å². The van der Waals surface area contributed by atoms with E-state index in [0.717, 1.165) is 19.3 Å². The van der Waals surface area contributed by atoms with Crippen molar-refractivity contribution in [1.82, 2.24) is 4.90 Å². The average molecular weight is 248 g/mol. The number of alkyl halides is 3. The van der Waals surface area contributed by atoms with E-state index in [1.165, 1.54) is 6.07 Å². The molecule has 0 aromatic heterocycles. The monoisotopic (exact) mass is 248 g/mol. The van der Waals surface area contributed by atoms with E-state index in [1.54, 1.807) is 4.90 Å². The maximum atomic E-state index is 12.5. The van der Waals surface area contributed by atoms with Crippen molar-refractivity contribution in [1.29, 1.82) is 5.26 Å². The van der Waals surface area contributed by atoms with Gasteiger partial charge in [-0.1, -0.05) is 0 Å². The number of hydrogen-bond donors (Lipinski definition) is 0. The van der Waals surface area contributed by atoms with E-state index >= 15 is 0 Å². The number of nitrogens with zero attached hydrogens (tertiary/aromatic N) is 2. The van der Waals surface area contributed by atoms with Crippen LogP contribution in [0.2, 0.25) is 0 Å². The summed E-state index contributed by atoms with van der Waals surface area (Å²) in [5, 5.41) is 8.60. The second kappa shape index (κ2) is 4.83. The van der Waals surface area contributed by atoms with E-state index < -0.39 is 12.1 Å². The summed E-state index contributed by atoms with van der Waals surface area (Å²) in [5.74, 6) is -1.89. The van der Waals surface area contributed by atoms with Crippen LogP contribution in [-0.2, 0) is 4.74 Å². The van der Waals surface area contributed by atoms with Crippen molar-refractivity contribution in [2.75, 3.05) is 19.7 Å². The van der Waals surface area contributed by atoms with E-state index in [2.05, 4.69) is 0 Å². The lowest BCUT2D eigenvalue weighted by molar-refractivity contribution is -0.170. The number of ether oxygens (including phenoxy) is 1. The Kier molecular flexibility index (Phi) is 3.59. The molecule has 3 atom stereocenters. The molecule has 3 unspecified atom stereocenters. The third-order valence-electron chi connectivity index (χ3n) is 3.57. The first kappa shape index (κ1) is 12.7. The van der Waals surface area contributed by atoms with Crippen molar-refractivity contribution >= 4 is 0 Å². The van der Waals surface area contributed by atoms with Crippen molar-refractivity contribution in [2.45, 2.75) is 37.6 Å². The Morgan fingerprint density at radius 1 is 1.41 bits per heavy atom. The molecule has 96 valence electrons. The number of hydrogen-bond acceptors (Lipinski definition) is 3. The summed E-state index contributed by atoms with van der Waals surface area (Å²) in [5.41, 5.74) is 0. The third kappa shape index (κ3) is 2.72. The normalized spacial score (nSPS) is 31.9. The van der Waals surface area contributed by atoms with Crippen LogP contribution in [0.3, 0.4) is 0 Å². The van der Waals surface area contributed by atoms with Crippen LogP contribution in [-0.4, -0.2) is 42.9 Å². The number of morpholine rings is 1. The van der Waals surface area contributed by atoms with Gasteiger partial charge in [-0.15, -0.1) is 0 Å². The lowest BCUT2D eigenvalue weighted by Gasteiger charge is -2.38. The minimum absolute atomic E-state index is 0.0660. The van der Waals surface area contributed by atoms with E-state index in [0.29, 0.717) is 13.2 Å². The summed E-state index contributed by atoms with van der Waals surface area (Å²) >= 11 is 0. The second-order valence-electron chi connectivity index (χ2n) is 4.63. The van der Waals surface area contributed by atoms with Crippen LogP contribution in [0, 0.1) is 17.2 Å². The van der Waals surface area contributed by atoms with E-state index in [9.17, 15) is 13.2 Å². The number of halogens is 3. The Labute approximate surface area is 98.1 Å². The SMILES string of the molecule is N#CC(CN1CCOC2CCCC21)C(F)(F)F. The lowest BCUT2D eigenvalue weighted by atomic mass is 10.1. The Morgan fingerprint density at radius 3 is 2.82 bits per heavy atom. The molecule has 6 heteroatoms. The fourth-order valence-electron chi connectivity index (χ4n) is 2.68. The molecule has 0 spiro atoms. The van der Waals surface area contributed by atoms with Gasteiger partial charge in [0, 0.05) is 19.1 Å². The zero-order chi connectivity index (χ0) is 12.5. The van der Waals surface area contributed by atoms with Crippen LogP contribution in [0.1, 0.15) is 19.3 Å². The van der Waals surface area contributed by atoms with Crippen LogP contribution >= 0.6 is 0 Å². The summed E-state index contributed by atoms with van der Waals surface area (Å²) in [4.78, 5) is 1.78. The molecule has 0 amide bonds. The number of fused-ring (bicyclic) bond motifs is 1. The molecule has 1 heterocycles. The largest absolute Gasteiger partial charge is 0.405 e. The Bertz CT molecular complexity index is 313. The highest BCUT2D eigenvalue weighted by atomic mass is 19.4. The van der Waals surface area contributed by atoms with Gasteiger partial charge >= 0.3 is 6.18 Å². The van der Waals surface area contributed by atoms with Gasteiger partial charge in [0.2, 0.25) is 0 Å². The third-order valence-corrected chi connectivity index (χ3v) is 3.57. The Balaban J connectivity index is 2.00. The molecule has 1 saturated carbocycles. The fourth-order valence-corrected chi connectivity index (χ4v) is 2.68. The van der Waals surface area contributed by atoms with Gasteiger partial charge in [-0.3, -0.25) is 4.90 Å². The maximum Gasteiger partial charge on any atom is 0.405 e. The van der Waals surface area contributed by atoms with Gasteiger partial charge in [-0.05, 0) is 19.3 Å². The lowest BCUT2D eigenvalue weighted by Crippen LogP contribution is -2.51. The van der Waals surface area contributed by atoms with Crippen molar-refractivity contribution in [3.63, 3.8) is 0 Å². The van der Waals surface area contributed by atoms with Gasteiger partial charge in [0.25, 0.3) is 0 Å². The molecule has 1 saturated heterocycles. The van der Waals surface area contributed by atoms with Gasteiger partial charge in [0.1, 0.15) is 0 Å². The van der Waals surface area contributed by atoms with Gasteiger partial charge in [-0.2, -0.15) is 18.4 Å². The molecule has 1 aliphatic carbocycles. The fraction of sp³-hybridized carbons (Fsp3) is 0.909. The smallest absolute Gasteiger partial charge is 0.375 e. The zero-order valence-electron chi connectivity index (χ0n) is 9.41. The first-order valence-corrected chi connectivity index (χ1v) is 5.84. The second-order valence-corrected chi connectivity index (χ2v) is 4.63. The molecular weight excluding hydrogens is 233 g/mol. The van der Waals surface area contributed by atoms with Crippen molar-refractivity contribution < 1.29 is 17.9 Å². The summed E-state index contributed by atoms with van der Waals surface area (Å²) < 4.78 is 43.1. The molecule has 2 fully saturated rings. The summed E-state index contributed by atoms with van der Waals surface area (Å²) in [6, 6.07) is 1.43. The molecule has 2 aliphatic rings. The summed E-state index contributed by atoms with van der Waals surface area (Å²) in [6.07, 6.45) is -1.57. The molecule has 1 aliphatic heterocycles. The maximum absolute atomic E-state index is 12.5. The molecular formula is C11H15F3N2O. The molecule has 0 radical (unpaired) electrons. The number of rotatable bonds is 2. The van der Waals surface area contributed by atoms with E-state index in [1.807, 2.05) is 0 Å². The quantitative estimate of drug-likeness (QED) is 0.749. The highest BCUT2D eigenvalue weighted by Gasteiger charge is 2.44. The van der Waals surface area contributed by atoms with Crippen LogP contribution in [0.25, 0.3) is 0 Å². The molecule has 0 aromatic carbocycles. The Hall–Kier alpha value is -0.800. The van der Waals surface area contributed by atoms with Crippen LogP contribution in [0.15, 0.2) is 0 Å². The topological polar surface area (TPSA) is 36.3 Å². The minimum Gasteiger partial charge on any atom is -0.375 e. The van der Waals surface area contributed by atoms with Crippen LogP contribution < -0.4 is 0 Å². The minimum atomic E-state index is -4.43. The Morgan fingerprint density at radius 2 is 2.18 bits per heavy atom. The van der Waals surface area contributed by atoms with E-state index in [4.69, 9.17) is 10.00 Å². The molecule has 17 heavy (non-hydrogen) atoms. The first-order valence-electron chi connectivity index (χ1n) is 5.84. The van der Waals surface area contributed by atoms with Crippen molar-refractivity contribution in [3.8, 4) is 6.07 Å². The standard InChI is InChI=1S/C11H15F3N2O/c12-11(13,14)8(6-15)7-16-4-5-17-10-3-1-2-9(10)16/h8-10H,1-5,7H2. The molecule has 0 N–H and O–H groups in total. The van der Waals surface area contributed by atoms with Crippen molar-refractivity contribution in [3.05, 3.63) is 0 Å². The first-order chi connectivity index (χ1) is 8.02. The van der Waals surface area contributed by atoms with Crippen molar-refractivity contribution in [2.24, 2.45) is 5.92 Å². The zero-order valence-corrected chi connectivity index (χ0v) is 9.41. The number of nitriles is 1. The van der Waals surface area contributed by atoms with Gasteiger partial charge in [0.15, 0.2) is 5.92 Å². The average Bonchev–Trinajstić information content (AvgIpc) is 2.72. The highest BCUT2D eigenvalue weighted by molar-refractivity contribution is 4.95. The molecule has 0 bridgehead atoms. The summed E-state index contributed by atoms with van der Waals surface area (Å²) in [6.45, 7) is 0.747. The van der Waals surface area contributed by atoms with Gasteiger partial charge in [0.05, 0.1) is 18.8 Å². The predicted octanol–water partition coefficient (Wildman–Crippen LogP) is 1.94. The predicted molar refractivity (Wildman–Crippen MR) is 54.1 cm³/mol. The van der Waals surface area contributed by atoms with Gasteiger partial charge < -0.3 is 4.74 Å².